The lowest BCUT2D eigenvalue weighted by Crippen LogP contribution is -2.52. The number of hydrogen-bond acceptors (Lipinski definition) is 38. The highest BCUT2D eigenvalue weighted by atomic mass is 32.2. The lowest BCUT2D eigenvalue weighted by molar-refractivity contribution is -0.146. The van der Waals surface area contributed by atoms with Gasteiger partial charge in [0.15, 0.2) is 22.4 Å². The van der Waals surface area contributed by atoms with Gasteiger partial charge in [-0.1, -0.05) is 6.07 Å². The Morgan fingerprint density at radius 3 is 1.11 bits per heavy atom. The van der Waals surface area contributed by atoms with Crippen LogP contribution >= 0.6 is 37.1 Å². The van der Waals surface area contributed by atoms with Crippen molar-refractivity contribution in [1.82, 2.24) is 64.1 Å². The number of aliphatic hydroxyl groups is 2. The smallest absolute Gasteiger partial charge is 0.265 e. The minimum atomic E-state index is -3.89. The number of anilines is 2. The molecule has 92 heavy (non-hydrogen) atoms. The lowest BCUT2D eigenvalue weighted by Gasteiger charge is -2.13. The van der Waals surface area contributed by atoms with Gasteiger partial charge in [-0.25, -0.2) is 91.5 Å². The fourth-order valence-electron chi connectivity index (χ4n) is 4.50. The molecule has 2 unspecified atom stereocenters. The summed E-state index contributed by atoms with van der Waals surface area (Å²) < 4.78 is 60.3. The normalized spacial score (nSPS) is 10.8. The van der Waals surface area contributed by atoms with E-state index in [-0.39, 0.29) is 21.6 Å². The molecule has 2 aromatic rings. The number of sulfonamides is 2. The third-order valence-electron chi connectivity index (χ3n) is 8.73. The number of carbonyl (C=O) groups excluding carboxylic acids is 4. The molecule has 0 saturated carbocycles. The Morgan fingerprint density at radius 1 is 0.511 bits per heavy atom. The number of ether oxygens (including phenoxy) is 3. The van der Waals surface area contributed by atoms with E-state index < -0.39 is 44.1 Å². The first-order valence-corrected chi connectivity index (χ1v) is 30.2. The van der Waals surface area contributed by atoms with Crippen LogP contribution in [0.3, 0.4) is 0 Å². The Bertz CT molecular complexity index is 2170. The highest BCUT2D eigenvalue weighted by molar-refractivity contribution is 7.90. The number of unbranched alkanes of at least 4 members (excludes halogenated alkanes) is 1. The van der Waals surface area contributed by atoms with Crippen LogP contribution < -0.4 is 139 Å². The largest absolute Gasteiger partial charge is 0.380 e. The molecule has 2 rings (SSSR count). The molecule has 0 aromatic heterocycles. The number of rotatable bonds is 38. The van der Waals surface area contributed by atoms with Crippen LogP contribution in [0.15, 0.2) is 58.3 Å². The number of carbonyl (C=O) groups is 4. The maximum atomic E-state index is 11.3. The molecule has 0 bridgehead atoms. The maximum absolute atomic E-state index is 11.3. The van der Waals surface area contributed by atoms with Crippen molar-refractivity contribution >= 4 is 102 Å². The second kappa shape index (κ2) is 71.6. The van der Waals surface area contributed by atoms with E-state index in [1.54, 1.807) is 48.8 Å². The Labute approximate surface area is 549 Å². The Hall–Kier alpha value is -5.21. The van der Waals surface area contributed by atoms with Crippen LogP contribution in [0, 0.1) is 0 Å². The van der Waals surface area contributed by atoms with Crippen LogP contribution in [0.1, 0.15) is 25.7 Å². The molecular formula is C42H97N25O20S5. The van der Waals surface area contributed by atoms with Crippen LogP contribution in [-0.2, 0) is 87.3 Å². The summed E-state index contributed by atoms with van der Waals surface area (Å²) in [5, 5.41) is 24.1. The van der Waals surface area contributed by atoms with Crippen LogP contribution in [-0.4, -0.2) is 193 Å². The van der Waals surface area contributed by atoms with Crippen molar-refractivity contribution in [3.05, 3.63) is 48.5 Å². The highest BCUT2D eigenvalue weighted by Gasteiger charge is 2.29. The van der Waals surface area contributed by atoms with Crippen molar-refractivity contribution in [1.29, 1.82) is 0 Å². The van der Waals surface area contributed by atoms with E-state index in [1.807, 2.05) is 35.1 Å². The standard InChI is InChI=1S/C8H12N6S2.C6H10N4O4S2.C6H14N4O2.2C6H16N2O3.C4H10N4O4.C4H12N2O3.C2H7NOS/c9-13-7(15)11-5-1-2-6(4-3-5)12-8(16)14-10;7-9-15(11,12)5-2-1-3-6(4-5)16(13,14)10-8;7-9-5(11)3-1-2-4-6(12)10-8;1-9-7-3-5-11-6-4-8-10-2;1-7-10-5-3-9-4-6-11-8-2;5-7-3(11)1(9)2(10)4(12)8-6;5-8-3-1-7-2-4-9-6;3-4-1-2-5/h1-4H,9-10H2,(H2,11,13,15)(H2,12,14,16);1-4,9-10H,7-8H2;1-4,7-8H2,(H,9,11)(H,10,12);2*7-8H,3-6H2,1-2H3;1-2,9-10H,5-6H2,(H,7,11)(H,8,12);1-6H2;5H,1-3H2. The van der Waals surface area contributed by atoms with Crippen molar-refractivity contribution in [3.8, 4) is 0 Å². The van der Waals surface area contributed by atoms with E-state index in [1.165, 1.54) is 18.2 Å². The summed E-state index contributed by atoms with van der Waals surface area (Å²) >= 11 is 13.5. The first-order valence-electron chi connectivity index (χ1n) is 25.8. The van der Waals surface area contributed by atoms with Gasteiger partial charge in [0.1, 0.15) is 0 Å². The molecule has 0 radical (unpaired) electrons. The molecule has 0 aliphatic carbocycles. The molecule has 45 nitrogen and oxygen atoms in total. The fraction of sp³-hybridized carbons (Fsp3) is 0.571. The minimum absolute atomic E-state index is 0.219. The molecule has 38 N–H and O–H groups in total. The molecule has 2 aromatic carbocycles. The SMILES string of the molecule is CNOCCOCCONC.CONCCOCCNOC.NNC(=O)C(O)C(O)C(=O)NN.NNC(=O)CCCCC(=O)NN.NNC(=S)Nc1ccc(NC(=S)NN)cc1.NNS(=O)(=O)c1cccc(S(=O)(=O)NN)c1.NOCCOCCON.NOCCS. The molecule has 0 heterocycles. The molecule has 0 aliphatic rings. The van der Waals surface area contributed by atoms with Crippen molar-refractivity contribution in [2.45, 2.75) is 47.7 Å². The Morgan fingerprint density at radius 2 is 0.848 bits per heavy atom. The number of amides is 4. The minimum Gasteiger partial charge on any atom is -0.380 e. The summed E-state index contributed by atoms with van der Waals surface area (Å²) in [7, 11) is -1.21. The zero-order chi connectivity index (χ0) is 71.3. The van der Waals surface area contributed by atoms with Crippen LogP contribution in [0.2, 0.25) is 0 Å². The van der Waals surface area contributed by atoms with Crippen LogP contribution in [0.5, 0.6) is 0 Å². The molecule has 0 spiro atoms. The van der Waals surface area contributed by atoms with Gasteiger partial charge in [-0.2, -0.15) is 22.3 Å². The predicted molar refractivity (Wildman–Crippen MR) is 346 cm³/mol. The van der Waals surface area contributed by atoms with Crippen molar-refractivity contribution < 1.29 is 94.3 Å². The molecule has 0 fully saturated rings. The van der Waals surface area contributed by atoms with E-state index in [4.69, 9.17) is 105 Å². The molecule has 0 saturated heterocycles. The number of thiol groups is 1. The summed E-state index contributed by atoms with van der Waals surface area (Å²) in [5.41, 5.74) is 23.8. The number of aliphatic hydroxyl groups excluding tert-OH is 2. The number of nitrogens with one attached hydrogen (secondary N) is 14. The average Bonchev–Trinajstić information content (AvgIpc) is 1.16. The number of benzene rings is 2. The quantitative estimate of drug-likeness (QED) is 0.00741. The lowest BCUT2D eigenvalue weighted by atomic mass is 10.2. The zero-order valence-corrected chi connectivity index (χ0v) is 55.3. The van der Waals surface area contributed by atoms with Gasteiger partial charge in [-0.15, -0.1) is 0 Å². The maximum Gasteiger partial charge on any atom is 0.265 e. The van der Waals surface area contributed by atoms with Gasteiger partial charge in [-0.3, -0.25) is 62.2 Å². The van der Waals surface area contributed by atoms with Gasteiger partial charge < -0.3 is 70.1 Å². The second-order valence-corrected chi connectivity index (χ2v) is 19.9. The fourth-order valence-corrected chi connectivity index (χ4v) is 6.27. The molecule has 2 atom stereocenters. The Kier molecular flexibility index (Phi) is 76.2. The monoisotopic (exact) mass is 1430 g/mol. The van der Waals surface area contributed by atoms with Crippen molar-refractivity contribution in [2.75, 3.05) is 130 Å². The van der Waals surface area contributed by atoms with Crippen LogP contribution in [0.4, 0.5) is 11.4 Å². The van der Waals surface area contributed by atoms with E-state index in [9.17, 15) is 36.0 Å². The summed E-state index contributed by atoms with van der Waals surface area (Å²) in [6, 6.07) is 11.9. The first kappa shape index (κ1) is 97.9. The molecule has 50 heteroatoms. The molecular weight excluding hydrogens is 1330 g/mol. The van der Waals surface area contributed by atoms with Gasteiger partial charge in [-0.05, 0) is 79.7 Å². The average molecular weight is 1430 g/mol. The number of thiocarbonyl (C=S) groups is 2. The van der Waals surface area contributed by atoms with Crippen molar-refractivity contribution in [2.24, 2.45) is 64.4 Å². The molecule has 0 aliphatic heterocycles. The van der Waals surface area contributed by atoms with Gasteiger partial charge in [0.25, 0.3) is 31.9 Å². The highest BCUT2D eigenvalue weighted by Crippen LogP contribution is 2.15. The van der Waals surface area contributed by atoms with Crippen LogP contribution in [0.25, 0.3) is 0 Å². The summed E-state index contributed by atoms with van der Waals surface area (Å²) in [6.45, 7) is 7.19. The number of hydroxylamine groups is 4. The number of hydrogen-bond donors (Lipinski definition) is 28. The summed E-state index contributed by atoms with van der Waals surface area (Å²) in [6.07, 6.45) is -1.91. The Balaban J connectivity index is -0.000000233. The zero-order valence-electron chi connectivity index (χ0n) is 51.2. The summed E-state index contributed by atoms with van der Waals surface area (Å²) in [5.74, 6) is 50.9. The van der Waals surface area contributed by atoms with Gasteiger partial charge in [0.05, 0.1) is 96.7 Å². The van der Waals surface area contributed by atoms with Crippen molar-refractivity contribution in [3.63, 3.8) is 0 Å². The van der Waals surface area contributed by atoms with Gasteiger partial charge in [0, 0.05) is 57.2 Å². The van der Waals surface area contributed by atoms with E-state index in [0.717, 1.165) is 17.4 Å². The number of hydrazine groups is 8. The third-order valence-corrected chi connectivity index (χ3v) is 11.7. The van der Waals surface area contributed by atoms with E-state index in [2.05, 4.69) is 97.8 Å². The number of nitrogens with two attached hydrogens (primary N) is 11. The first-order chi connectivity index (χ1) is 43.9. The van der Waals surface area contributed by atoms with Gasteiger partial charge in [0.2, 0.25) is 11.8 Å². The second-order valence-electron chi connectivity index (χ2n) is 15.2. The predicted octanol–water partition coefficient (Wildman–Crippen LogP) is -10.6. The van der Waals surface area contributed by atoms with Gasteiger partial charge >= 0.3 is 0 Å². The molecule has 4 amide bonds. The topological polar surface area (TPSA) is 724 Å². The van der Waals surface area contributed by atoms with E-state index >= 15 is 0 Å². The third kappa shape index (κ3) is 64.9. The van der Waals surface area contributed by atoms with E-state index in [0.29, 0.717) is 127 Å². The summed E-state index contributed by atoms with van der Waals surface area (Å²) in [4.78, 5) is 76.1. The molecule has 540 valence electrons.